The van der Waals surface area contributed by atoms with Gasteiger partial charge >= 0.3 is 0 Å². The molecule has 0 aromatic carbocycles. The number of aryl methyl sites for hydroxylation is 2. The Morgan fingerprint density at radius 3 is 2.32 bits per heavy atom. The highest BCUT2D eigenvalue weighted by Gasteiger charge is 2.24. The molecule has 0 atom stereocenters. The first kappa shape index (κ1) is 14.5. The molecular weight excluding hydrogens is 282 g/mol. The Bertz CT molecular complexity index is 744. The molecule has 0 saturated carbocycles. The first-order valence-electron chi connectivity index (χ1n) is 7.34. The Balaban J connectivity index is 1.82. The number of hydrogen-bond donors (Lipinski definition) is 0. The van der Waals surface area contributed by atoms with Crippen molar-refractivity contribution in [3.63, 3.8) is 0 Å². The van der Waals surface area contributed by atoms with Crippen LogP contribution < -0.4 is 0 Å². The number of hydrogen-bond acceptors (Lipinski definition) is 4. The van der Waals surface area contributed by atoms with Gasteiger partial charge in [-0.1, -0.05) is 0 Å². The molecule has 22 heavy (non-hydrogen) atoms. The first-order chi connectivity index (χ1) is 10.5. The molecular formula is C15H19N5O2. The Kier molecular flexibility index (Phi) is 3.56. The first-order valence-corrected chi connectivity index (χ1v) is 7.34. The van der Waals surface area contributed by atoms with Crippen LogP contribution in [0, 0.1) is 13.8 Å². The lowest BCUT2D eigenvalue weighted by atomic mass is 10.2. The van der Waals surface area contributed by atoms with E-state index >= 15 is 0 Å². The molecule has 2 aromatic rings. The molecule has 2 aromatic heterocycles. The maximum absolute atomic E-state index is 12.6. The van der Waals surface area contributed by atoms with Crippen LogP contribution in [0.3, 0.4) is 0 Å². The van der Waals surface area contributed by atoms with E-state index in [9.17, 15) is 9.59 Å². The molecule has 0 aliphatic carbocycles. The van der Waals surface area contributed by atoms with Gasteiger partial charge < -0.3 is 9.80 Å². The standard InChI is InChI=1S/C15H19N5O2/c1-10-8-14-16-13(9-11(2)20(14)17-10)15(22)19-6-4-18(5-7-19)12(3)21/h8-9H,4-7H2,1-3H3. The molecule has 3 heterocycles. The van der Waals surface area contributed by atoms with Gasteiger partial charge in [-0.05, 0) is 19.9 Å². The summed E-state index contributed by atoms with van der Waals surface area (Å²) in [5.41, 5.74) is 2.86. The van der Waals surface area contributed by atoms with Crippen molar-refractivity contribution in [2.24, 2.45) is 0 Å². The number of nitrogens with zero attached hydrogens (tertiary/aromatic N) is 5. The van der Waals surface area contributed by atoms with Gasteiger partial charge in [-0.25, -0.2) is 9.50 Å². The summed E-state index contributed by atoms with van der Waals surface area (Å²) < 4.78 is 1.74. The normalized spacial score (nSPS) is 15.4. The zero-order valence-electron chi connectivity index (χ0n) is 13.0. The van der Waals surface area contributed by atoms with Crippen molar-refractivity contribution in [2.75, 3.05) is 26.2 Å². The van der Waals surface area contributed by atoms with Gasteiger partial charge in [0.15, 0.2) is 5.65 Å². The van der Waals surface area contributed by atoms with Gasteiger partial charge in [0.05, 0.1) is 5.69 Å². The molecule has 7 nitrogen and oxygen atoms in total. The summed E-state index contributed by atoms with van der Waals surface area (Å²) in [5, 5.41) is 4.34. The minimum absolute atomic E-state index is 0.0530. The Morgan fingerprint density at radius 2 is 1.68 bits per heavy atom. The van der Waals surface area contributed by atoms with E-state index in [2.05, 4.69) is 10.1 Å². The number of aromatic nitrogens is 3. The van der Waals surface area contributed by atoms with E-state index in [0.717, 1.165) is 11.4 Å². The van der Waals surface area contributed by atoms with Gasteiger partial charge in [0.25, 0.3) is 5.91 Å². The summed E-state index contributed by atoms with van der Waals surface area (Å²) in [5.74, 6) is -0.0371. The smallest absolute Gasteiger partial charge is 0.272 e. The van der Waals surface area contributed by atoms with Crippen LogP contribution in [0.4, 0.5) is 0 Å². The monoisotopic (exact) mass is 301 g/mol. The SMILES string of the molecule is CC(=O)N1CCN(C(=O)c2cc(C)n3nc(C)cc3n2)CC1. The predicted octanol–water partition coefficient (Wildman–Crippen LogP) is 0.650. The average Bonchev–Trinajstić information content (AvgIpc) is 2.87. The third-order valence-corrected chi connectivity index (χ3v) is 3.96. The summed E-state index contributed by atoms with van der Waals surface area (Å²) in [7, 11) is 0. The van der Waals surface area contributed by atoms with Crippen molar-refractivity contribution < 1.29 is 9.59 Å². The van der Waals surface area contributed by atoms with Gasteiger partial charge in [-0.15, -0.1) is 0 Å². The second-order valence-electron chi connectivity index (χ2n) is 5.64. The van der Waals surface area contributed by atoms with Crippen LogP contribution in [0.15, 0.2) is 12.1 Å². The van der Waals surface area contributed by atoms with Gasteiger partial charge in [0.2, 0.25) is 5.91 Å². The second-order valence-corrected chi connectivity index (χ2v) is 5.64. The highest BCUT2D eigenvalue weighted by atomic mass is 16.2. The predicted molar refractivity (Wildman–Crippen MR) is 80.6 cm³/mol. The summed E-state index contributed by atoms with van der Waals surface area (Å²) in [6.07, 6.45) is 0. The van der Waals surface area contributed by atoms with Gasteiger partial charge in [-0.2, -0.15) is 5.10 Å². The van der Waals surface area contributed by atoms with Crippen LogP contribution in [-0.4, -0.2) is 62.4 Å². The van der Waals surface area contributed by atoms with E-state index in [1.54, 1.807) is 27.3 Å². The molecule has 0 radical (unpaired) electrons. The molecule has 0 N–H and O–H groups in total. The third kappa shape index (κ3) is 2.54. The molecule has 0 unspecified atom stereocenters. The van der Waals surface area contributed by atoms with E-state index < -0.39 is 0 Å². The number of amides is 2. The van der Waals surface area contributed by atoms with E-state index in [1.807, 2.05) is 19.9 Å². The molecule has 3 rings (SSSR count). The van der Waals surface area contributed by atoms with Gasteiger partial charge in [-0.3, -0.25) is 9.59 Å². The number of piperazine rings is 1. The minimum atomic E-state index is -0.0901. The maximum Gasteiger partial charge on any atom is 0.272 e. The Labute approximate surface area is 128 Å². The molecule has 0 bridgehead atoms. The molecule has 1 fully saturated rings. The fraction of sp³-hybridized carbons (Fsp3) is 0.467. The molecule has 1 aliphatic rings. The lowest BCUT2D eigenvalue weighted by molar-refractivity contribution is -0.130. The van der Waals surface area contributed by atoms with Gasteiger partial charge in [0.1, 0.15) is 5.69 Å². The van der Waals surface area contributed by atoms with Crippen molar-refractivity contribution in [1.82, 2.24) is 24.4 Å². The number of carbonyl (C=O) groups excluding carboxylic acids is 2. The molecule has 2 amide bonds. The maximum atomic E-state index is 12.6. The number of rotatable bonds is 1. The zero-order valence-corrected chi connectivity index (χ0v) is 13.0. The van der Waals surface area contributed by atoms with Crippen molar-refractivity contribution in [1.29, 1.82) is 0 Å². The van der Waals surface area contributed by atoms with Crippen LogP contribution in [0.25, 0.3) is 5.65 Å². The van der Waals surface area contributed by atoms with E-state index in [4.69, 9.17) is 0 Å². The molecule has 1 saturated heterocycles. The molecule has 0 spiro atoms. The topological polar surface area (TPSA) is 70.8 Å². The molecule has 7 heteroatoms. The number of carbonyl (C=O) groups is 2. The van der Waals surface area contributed by atoms with E-state index in [-0.39, 0.29) is 11.8 Å². The summed E-state index contributed by atoms with van der Waals surface area (Å²) >= 11 is 0. The Morgan fingerprint density at radius 1 is 1.05 bits per heavy atom. The Hall–Kier alpha value is -2.44. The molecule has 116 valence electrons. The fourth-order valence-electron chi connectivity index (χ4n) is 2.74. The van der Waals surface area contributed by atoms with Crippen LogP contribution in [-0.2, 0) is 4.79 Å². The van der Waals surface area contributed by atoms with Crippen molar-refractivity contribution in [2.45, 2.75) is 20.8 Å². The second kappa shape index (κ2) is 5.40. The van der Waals surface area contributed by atoms with Crippen molar-refractivity contribution in [3.05, 3.63) is 29.2 Å². The summed E-state index contributed by atoms with van der Waals surface area (Å²) in [6, 6.07) is 3.62. The average molecular weight is 301 g/mol. The lowest BCUT2D eigenvalue weighted by Crippen LogP contribution is -2.50. The largest absolute Gasteiger partial charge is 0.339 e. The highest BCUT2D eigenvalue weighted by molar-refractivity contribution is 5.93. The van der Waals surface area contributed by atoms with Gasteiger partial charge in [0, 0.05) is 44.9 Å². The fourth-order valence-corrected chi connectivity index (χ4v) is 2.74. The van der Waals surface area contributed by atoms with Crippen molar-refractivity contribution in [3.8, 4) is 0 Å². The van der Waals surface area contributed by atoms with Crippen LogP contribution >= 0.6 is 0 Å². The van der Waals surface area contributed by atoms with E-state index in [0.29, 0.717) is 37.5 Å². The number of fused-ring (bicyclic) bond motifs is 1. The van der Waals surface area contributed by atoms with E-state index in [1.165, 1.54) is 0 Å². The third-order valence-electron chi connectivity index (χ3n) is 3.96. The van der Waals surface area contributed by atoms with Crippen LogP contribution in [0.2, 0.25) is 0 Å². The minimum Gasteiger partial charge on any atom is -0.339 e. The zero-order chi connectivity index (χ0) is 15.9. The molecule has 1 aliphatic heterocycles. The summed E-state index contributed by atoms with van der Waals surface area (Å²) in [6.45, 7) is 7.61. The van der Waals surface area contributed by atoms with Crippen LogP contribution in [0.1, 0.15) is 28.8 Å². The lowest BCUT2D eigenvalue weighted by Gasteiger charge is -2.34. The van der Waals surface area contributed by atoms with Crippen molar-refractivity contribution >= 4 is 17.5 Å². The quantitative estimate of drug-likeness (QED) is 0.775. The van der Waals surface area contributed by atoms with Crippen LogP contribution in [0.5, 0.6) is 0 Å². The highest BCUT2D eigenvalue weighted by Crippen LogP contribution is 2.12. The summed E-state index contributed by atoms with van der Waals surface area (Å²) in [4.78, 5) is 31.9.